The fourth-order valence-corrected chi connectivity index (χ4v) is 2.11. The third-order valence-corrected chi connectivity index (χ3v) is 3.22. The molecule has 6 heteroatoms. The Balaban J connectivity index is 2.34. The summed E-state index contributed by atoms with van der Waals surface area (Å²) in [7, 11) is 1.72. The van der Waals surface area contributed by atoms with Crippen LogP contribution >= 0.6 is 15.9 Å². The van der Waals surface area contributed by atoms with Gasteiger partial charge in [-0.15, -0.1) is 0 Å². The Kier molecular flexibility index (Phi) is 3.76. The van der Waals surface area contributed by atoms with Crippen LogP contribution in [0.25, 0.3) is 0 Å². The average molecular weight is 309 g/mol. The summed E-state index contributed by atoms with van der Waals surface area (Å²) in [4.78, 5) is 18.0. The number of carbonyl (C=O) groups excluding carboxylic acids is 1. The molecule has 0 spiro atoms. The van der Waals surface area contributed by atoms with Gasteiger partial charge in [-0.2, -0.15) is 5.10 Å². The van der Waals surface area contributed by atoms with Gasteiger partial charge in [0.2, 0.25) is 0 Å². The predicted molar refractivity (Wildman–Crippen MR) is 72.6 cm³/mol. The van der Waals surface area contributed by atoms with Crippen molar-refractivity contribution in [3.05, 3.63) is 40.9 Å². The molecule has 0 atom stereocenters. The van der Waals surface area contributed by atoms with Gasteiger partial charge in [-0.3, -0.25) is 14.5 Å². The van der Waals surface area contributed by atoms with E-state index in [4.69, 9.17) is 0 Å². The fourth-order valence-electron chi connectivity index (χ4n) is 1.64. The first-order valence-electron chi connectivity index (χ1n) is 5.54. The van der Waals surface area contributed by atoms with E-state index < -0.39 is 0 Å². The van der Waals surface area contributed by atoms with E-state index >= 15 is 0 Å². The molecule has 0 saturated heterocycles. The van der Waals surface area contributed by atoms with E-state index in [9.17, 15) is 4.79 Å². The second-order valence-corrected chi connectivity index (χ2v) is 4.59. The standard InChI is InChI=1S/C12H13BrN4O/c1-3-17-11(10(13)8-15-17)12(18)16(2)9-5-4-6-14-7-9/h4-8H,3H2,1-2H3. The van der Waals surface area contributed by atoms with Gasteiger partial charge >= 0.3 is 0 Å². The molecule has 0 saturated carbocycles. The van der Waals surface area contributed by atoms with Crippen LogP contribution in [0.5, 0.6) is 0 Å². The normalized spacial score (nSPS) is 10.4. The number of halogens is 1. The molecular formula is C12H13BrN4O. The smallest absolute Gasteiger partial charge is 0.277 e. The first kappa shape index (κ1) is 12.8. The summed E-state index contributed by atoms with van der Waals surface area (Å²) in [5, 5.41) is 4.14. The molecule has 0 radical (unpaired) electrons. The summed E-state index contributed by atoms with van der Waals surface area (Å²) in [6.07, 6.45) is 4.96. The highest BCUT2D eigenvalue weighted by molar-refractivity contribution is 9.10. The van der Waals surface area contributed by atoms with Crippen molar-refractivity contribution in [3.63, 3.8) is 0 Å². The van der Waals surface area contributed by atoms with Gasteiger partial charge in [0.05, 0.1) is 22.6 Å². The number of nitrogens with zero attached hydrogens (tertiary/aromatic N) is 4. The van der Waals surface area contributed by atoms with Gasteiger partial charge in [0, 0.05) is 19.8 Å². The van der Waals surface area contributed by atoms with Crippen LogP contribution in [0.3, 0.4) is 0 Å². The Morgan fingerprint density at radius 3 is 2.89 bits per heavy atom. The summed E-state index contributed by atoms with van der Waals surface area (Å²) < 4.78 is 2.37. The van der Waals surface area contributed by atoms with Crippen molar-refractivity contribution in [2.45, 2.75) is 13.5 Å². The molecule has 0 unspecified atom stereocenters. The van der Waals surface area contributed by atoms with Gasteiger partial charge in [0.25, 0.3) is 5.91 Å². The van der Waals surface area contributed by atoms with Crippen LogP contribution in [0, 0.1) is 0 Å². The van der Waals surface area contributed by atoms with Gasteiger partial charge in [-0.25, -0.2) is 0 Å². The molecule has 0 fully saturated rings. The van der Waals surface area contributed by atoms with Crippen LogP contribution < -0.4 is 4.90 Å². The summed E-state index contributed by atoms with van der Waals surface area (Å²) in [6.45, 7) is 2.59. The van der Waals surface area contributed by atoms with E-state index in [-0.39, 0.29) is 5.91 Å². The number of amides is 1. The van der Waals surface area contributed by atoms with Crippen LogP contribution in [-0.4, -0.2) is 27.7 Å². The number of hydrogen-bond acceptors (Lipinski definition) is 3. The SMILES string of the molecule is CCn1ncc(Br)c1C(=O)N(C)c1cccnc1. The fraction of sp³-hybridized carbons (Fsp3) is 0.250. The highest BCUT2D eigenvalue weighted by Gasteiger charge is 2.21. The number of aryl methyl sites for hydroxylation is 1. The monoisotopic (exact) mass is 308 g/mol. The highest BCUT2D eigenvalue weighted by Crippen LogP contribution is 2.20. The van der Waals surface area contributed by atoms with Gasteiger partial charge in [-0.05, 0) is 35.0 Å². The van der Waals surface area contributed by atoms with Crippen LogP contribution in [0.1, 0.15) is 17.4 Å². The Morgan fingerprint density at radius 1 is 1.50 bits per heavy atom. The molecule has 0 bridgehead atoms. The summed E-state index contributed by atoms with van der Waals surface area (Å²) in [5.74, 6) is -0.116. The van der Waals surface area contributed by atoms with Gasteiger partial charge in [0.15, 0.2) is 0 Å². The number of rotatable bonds is 3. The molecule has 2 aromatic heterocycles. The lowest BCUT2D eigenvalue weighted by molar-refractivity contribution is 0.0982. The largest absolute Gasteiger partial charge is 0.309 e. The van der Waals surface area contributed by atoms with Crippen molar-refractivity contribution in [1.29, 1.82) is 0 Å². The zero-order chi connectivity index (χ0) is 13.1. The van der Waals surface area contributed by atoms with Crippen molar-refractivity contribution in [2.75, 3.05) is 11.9 Å². The number of carbonyl (C=O) groups is 1. The Hall–Kier alpha value is -1.69. The van der Waals surface area contributed by atoms with Crippen molar-refractivity contribution >= 4 is 27.5 Å². The first-order chi connectivity index (χ1) is 8.65. The lowest BCUT2D eigenvalue weighted by Gasteiger charge is -2.17. The summed E-state index contributed by atoms with van der Waals surface area (Å²) in [5.41, 5.74) is 1.29. The van der Waals surface area contributed by atoms with Crippen LogP contribution in [0.2, 0.25) is 0 Å². The third kappa shape index (κ3) is 2.28. The van der Waals surface area contributed by atoms with Gasteiger partial charge < -0.3 is 4.90 Å². The van der Waals surface area contributed by atoms with E-state index in [0.717, 1.165) is 5.69 Å². The molecule has 0 aliphatic heterocycles. The number of aromatic nitrogens is 3. The van der Waals surface area contributed by atoms with Crippen molar-refractivity contribution in [2.24, 2.45) is 0 Å². The molecule has 2 heterocycles. The van der Waals surface area contributed by atoms with Crippen LogP contribution in [0.15, 0.2) is 35.2 Å². The van der Waals surface area contributed by atoms with E-state index in [1.165, 1.54) is 0 Å². The molecule has 18 heavy (non-hydrogen) atoms. The second kappa shape index (κ2) is 5.30. The number of hydrogen-bond donors (Lipinski definition) is 0. The molecule has 2 rings (SSSR count). The molecule has 0 aliphatic rings. The van der Waals surface area contributed by atoms with E-state index in [1.54, 1.807) is 41.3 Å². The maximum absolute atomic E-state index is 12.4. The molecule has 1 amide bonds. The Morgan fingerprint density at radius 2 is 2.28 bits per heavy atom. The number of anilines is 1. The van der Waals surface area contributed by atoms with Crippen molar-refractivity contribution < 1.29 is 4.79 Å². The maximum Gasteiger partial charge on any atom is 0.277 e. The minimum atomic E-state index is -0.116. The predicted octanol–water partition coefficient (Wildman–Crippen LogP) is 2.34. The molecule has 2 aromatic rings. The van der Waals surface area contributed by atoms with E-state index in [0.29, 0.717) is 16.7 Å². The zero-order valence-corrected chi connectivity index (χ0v) is 11.8. The molecular weight excluding hydrogens is 296 g/mol. The Bertz CT molecular complexity index is 552. The average Bonchev–Trinajstić information content (AvgIpc) is 2.79. The maximum atomic E-state index is 12.4. The molecule has 0 N–H and O–H groups in total. The Labute approximate surface area is 114 Å². The zero-order valence-electron chi connectivity index (χ0n) is 10.2. The topological polar surface area (TPSA) is 51.0 Å². The van der Waals surface area contributed by atoms with Gasteiger partial charge in [0.1, 0.15) is 5.69 Å². The van der Waals surface area contributed by atoms with Crippen molar-refractivity contribution in [3.8, 4) is 0 Å². The minimum Gasteiger partial charge on any atom is -0.309 e. The lowest BCUT2D eigenvalue weighted by atomic mass is 10.3. The van der Waals surface area contributed by atoms with Gasteiger partial charge in [-0.1, -0.05) is 0 Å². The summed E-state index contributed by atoms with van der Waals surface area (Å²) >= 11 is 3.35. The van der Waals surface area contributed by atoms with E-state index in [1.807, 2.05) is 13.0 Å². The number of pyridine rings is 1. The molecule has 0 aromatic carbocycles. The molecule has 0 aliphatic carbocycles. The van der Waals surface area contributed by atoms with Crippen molar-refractivity contribution in [1.82, 2.24) is 14.8 Å². The second-order valence-electron chi connectivity index (χ2n) is 3.73. The molecule has 5 nitrogen and oxygen atoms in total. The highest BCUT2D eigenvalue weighted by atomic mass is 79.9. The minimum absolute atomic E-state index is 0.116. The van der Waals surface area contributed by atoms with Crippen LogP contribution in [0.4, 0.5) is 5.69 Å². The van der Waals surface area contributed by atoms with Crippen LogP contribution in [-0.2, 0) is 6.54 Å². The third-order valence-electron chi connectivity index (χ3n) is 2.63. The molecule has 94 valence electrons. The summed E-state index contributed by atoms with van der Waals surface area (Å²) in [6, 6.07) is 3.64. The van der Waals surface area contributed by atoms with E-state index in [2.05, 4.69) is 26.0 Å². The quantitative estimate of drug-likeness (QED) is 0.874. The lowest BCUT2D eigenvalue weighted by Crippen LogP contribution is -2.29. The first-order valence-corrected chi connectivity index (χ1v) is 6.33.